The van der Waals surface area contributed by atoms with Gasteiger partial charge in [0.25, 0.3) is 10.0 Å². The Bertz CT molecular complexity index is 1120. The first-order chi connectivity index (χ1) is 16.5. The smallest absolute Gasteiger partial charge is 0.261 e. The number of benzene rings is 2. The first-order valence-corrected chi connectivity index (χ1v) is 13.0. The lowest BCUT2D eigenvalue weighted by molar-refractivity contribution is -0.134. The van der Waals surface area contributed by atoms with Gasteiger partial charge in [-0.25, -0.2) is 8.42 Å². The number of nitrogens with zero attached hydrogens (tertiary/aromatic N) is 2. The summed E-state index contributed by atoms with van der Waals surface area (Å²) >= 11 is 0. The largest absolute Gasteiger partial charge is 0.497 e. The third-order valence-electron chi connectivity index (χ3n) is 6.08. The van der Waals surface area contributed by atoms with Crippen LogP contribution in [0.5, 0.6) is 11.5 Å². The SMILES string of the molecule is COc1ccc(S(=O)(=O)Nc2ccc3c(c2)CC(=O)N([C@@H](C)CO)C[C@H](C)[C@H](CN(C)C)O3)cc1. The van der Waals surface area contributed by atoms with Crippen LogP contribution in [-0.4, -0.2) is 82.3 Å². The monoisotopic (exact) mass is 505 g/mol. The number of sulfonamides is 1. The second-order valence-electron chi connectivity index (χ2n) is 9.25. The van der Waals surface area contributed by atoms with Crippen LogP contribution < -0.4 is 14.2 Å². The van der Waals surface area contributed by atoms with Crippen molar-refractivity contribution in [3.05, 3.63) is 48.0 Å². The Hall–Kier alpha value is -2.82. The van der Waals surface area contributed by atoms with Crippen molar-refractivity contribution >= 4 is 21.6 Å². The van der Waals surface area contributed by atoms with E-state index in [4.69, 9.17) is 9.47 Å². The molecule has 0 spiro atoms. The molecule has 1 amide bonds. The van der Waals surface area contributed by atoms with Crippen molar-refractivity contribution in [2.45, 2.75) is 37.3 Å². The van der Waals surface area contributed by atoms with Crippen LogP contribution >= 0.6 is 0 Å². The summed E-state index contributed by atoms with van der Waals surface area (Å²) in [4.78, 5) is 17.0. The zero-order chi connectivity index (χ0) is 25.8. The lowest BCUT2D eigenvalue weighted by Crippen LogP contribution is -2.47. The quantitative estimate of drug-likeness (QED) is 0.566. The van der Waals surface area contributed by atoms with E-state index in [9.17, 15) is 18.3 Å². The molecule has 2 N–H and O–H groups in total. The number of rotatable bonds is 8. The summed E-state index contributed by atoms with van der Waals surface area (Å²) in [6.45, 7) is 4.78. The molecule has 2 aromatic rings. The maximum absolute atomic E-state index is 13.2. The predicted octanol–water partition coefficient (Wildman–Crippen LogP) is 2.21. The van der Waals surface area contributed by atoms with Gasteiger partial charge in [-0.2, -0.15) is 0 Å². The molecule has 1 aliphatic heterocycles. The van der Waals surface area contributed by atoms with Gasteiger partial charge in [0, 0.05) is 30.3 Å². The van der Waals surface area contributed by atoms with Crippen molar-refractivity contribution in [1.29, 1.82) is 0 Å². The van der Waals surface area contributed by atoms with Crippen molar-refractivity contribution in [3.63, 3.8) is 0 Å². The van der Waals surface area contributed by atoms with E-state index in [1.54, 1.807) is 35.2 Å². The molecule has 192 valence electrons. The number of fused-ring (bicyclic) bond motifs is 1. The molecule has 0 saturated heterocycles. The first kappa shape index (κ1) is 26.8. The van der Waals surface area contributed by atoms with Crippen molar-refractivity contribution < 1.29 is 27.8 Å². The van der Waals surface area contributed by atoms with Crippen molar-refractivity contribution in [1.82, 2.24) is 9.80 Å². The summed E-state index contributed by atoms with van der Waals surface area (Å²) in [6, 6.07) is 10.7. The molecular weight excluding hydrogens is 470 g/mol. The molecule has 0 radical (unpaired) electrons. The van der Waals surface area contributed by atoms with Crippen LogP contribution in [0.3, 0.4) is 0 Å². The fraction of sp³-hybridized carbons (Fsp3) is 0.480. The molecule has 9 nitrogen and oxygen atoms in total. The summed E-state index contributed by atoms with van der Waals surface area (Å²) in [5.41, 5.74) is 0.909. The van der Waals surface area contributed by atoms with Crippen molar-refractivity contribution in [2.24, 2.45) is 5.92 Å². The molecule has 10 heteroatoms. The summed E-state index contributed by atoms with van der Waals surface area (Å²) in [5.74, 6) is 0.960. The number of likely N-dealkylation sites (N-methyl/N-ethyl adjacent to an activating group) is 1. The minimum absolute atomic E-state index is 0.00884. The second kappa shape index (κ2) is 11.3. The summed E-state index contributed by atoms with van der Waals surface area (Å²) in [7, 11) is 1.58. The van der Waals surface area contributed by atoms with E-state index in [0.29, 0.717) is 35.8 Å². The maximum atomic E-state index is 13.2. The molecule has 1 aliphatic rings. The molecule has 0 saturated carbocycles. The lowest BCUT2D eigenvalue weighted by Gasteiger charge is -2.33. The average Bonchev–Trinajstić information content (AvgIpc) is 2.86. The van der Waals surface area contributed by atoms with Gasteiger partial charge in [-0.1, -0.05) is 6.92 Å². The van der Waals surface area contributed by atoms with Crippen LogP contribution in [0.4, 0.5) is 5.69 Å². The van der Waals surface area contributed by atoms with Gasteiger partial charge in [0.1, 0.15) is 17.6 Å². The summed E-state index contributed by atoms with van der Waals surface area (Å²) < 4.78 is 39.9. The zero-order valence-electron chi connectivity index (χ0n) is 20.9. The highest BCUT2D eigenvalue weighted by atomic mass is 32.2. The molecule has 0 unspecified atom stereocenters. The Morgan fingerprint density at radius 1 is 1.23 bits per heavy atom. The van der Waals surface area contributed by atoms with Crippen LogP contribution in [0.2, 0.25) is 0 Å². The number of methoxy groups -OCH3 is 1. The number of carbonyl (C=O) groups is 1. The number of anilines is 1. The molecule has 3 atom stereocenters. The summed E-state index contributed by atoms with van der Waals surface area (Å²) in [6.07, 6.45) is -0.177. The molecule has 35 heavy (non-hydrogen) atoms. The standard InChI is InChI=1S/C25H35N3O6S/c1-17-14-28(18(2)16-29)25(30)13-19-12-20(6-11-23(19)34-24(17)15-27(3)4)26-35(31,32)22-9-7-21(33-5)8-10-22/h6-12,17-18,24,26,29H,13-16H2,1-5H3/t17-,18-,24-/m0/s1. The number of ether oxygens (including phenoxy) is 2. The van der Waals surface area contributed by atoms with Crippen LogP contribution in [-0.2, 0) is 21.2 Å². The van der Waals surface area contributed by atoms with E-state index in [-0.39, 0.29) is 41.9 Å². The molecule has 0 fully saturated rings. The third-order valence-corrected chi connectivity index (χ3v) is 7.48. The molecule has 2 aromatic carbocycles. The van der Waals surface area contributed by atoms with Crippen molar-refractivity contribution in [2.75, 3.05) is 45.6 Å². The number of carbonyl (C=O) groups excluding carboxylic acids is 1. The maximum Gasteiger partial charge on any atom is 0.261 e. The Kier molecular flexibility index (Phi) is 8.63. The minimum Gasteiger partial charge on any atom is -0.497 e. The Balaban J connectivity index is 1.95. The predicted molar refractivity (Wildman–Crippen MR) is 134 cm³/mol. The van der Waals surface area contributed by atoms with Gasteiger partial charge in [0.15, 0.2) is 0 Å². The zero-order valence-corrected chi connectivity index (χ0v) is 21.7. The van der Waals surface area contributed by atoms with E-state index in [1.807, 2.05) is 32.8 Å². The minimum atomic E-state index is -3.85. The highest BCUT2D eigenvalue weighted by Gasteiger charge is 2.31. The molecular formula is C25H35N3O6S. The number of amides is 1. The molecule has 0 aliphatic carbocycles. The van der Waals surface area contributed by atoms with Gasteiger partial charge >= 0.3 is 0 Å². The van der Waals surface area contributed by atoms with E-state index in [2.05, 4.69) is 4.72 Å². The normalized spacial score (nSPS) is 19.7. The van der Waals surface area contributed by atoms with E-state index >= 15 is 0 Å². The fourth-order valence-corrected chi connectivity index (χ4v) is 5.09. The number of hydrogen-bond donors (Lipinski definition) is 2. The van der Waals surface area contributed by atoms with E-state index in [0.717, 1.165) is 0 Å². The number of nitrogens with one attached hydrogen (secondary N) is 1. The van der Waals surface area contributed by atoms with Crippen LogP contribution in [0.1, 0.15) is 19.4 Å². The highest BCUT2D eigenvalue weighted by Crippen LogP contribution is 2.30. The first-order valence-electron chi connectivity index (χ1n) is 11.6. The summed E-state index contributed by atoms with van der Waals surface area (Å²) in [5, 5.41) is 9.73. The Labute approximate surface area is 207 Å². The molecule has 3 rings (SSSR count). The number of hydrogen-bond acceptors (Lipinski definition) is 7. The second-order valence-corrected chi connectivity index (χ2v) is 10.9. The van der Waals surface area contributed by atoms with Gasteiger partial charge in [0.2, 0.25) is 5.91 Å². The average molecular weight is 506 g/mol. The molecule has 0 aromatic heterocycles. The van der Waals surface area contributed by atoms with E-state index < -0.39 is 10.0 Å². The van der Waals surface area contributed by atoms with Gasteiger partial charge < -0.3 is 24.4 Å². The Morgan fingerprint density at radius 2 is 1.91 bits per heavy atom. The topological polar surface area (TPSA) is 108 Å². The highest BCUT2D eigenvalue weighted by molar-refractivity contribution is 7.92. The Morgan fingerprint density at radius 3 is 2.51 bits per heavy atom. The fourth-order valence-electron chi connectivity index (χ4n) is 4.04. The van der Waals surface area contributed by atoms with Crippen LogP contribution in [0, 0.1) is 5.92 Å². The van der Waals surface area contributed by atoms with Gasteiger partial charge in [0.05, 0.1) is 31.1 Å². The lowest BCUT2D eigenvalue weighted by atomic mass is 10.0. The third kappa shape index (κ3) is 6.65. The number of aliphatic hydroxyl groups is 1. The van der Waals surface area contributed by atoms with Gasteiger partial charge in [-0.15, -0.1) is 0 Å². The molecule has 0 bridgehead atoms. The van der Waals surface area contributed by atoms with Gasteiger partial charge in [-0.05, 0) is 63.5 Å². The van der Waals surface area contributed by atoms with Gasteiger partial charge in [-0.3, -0.25) is 9.52 Å². The molecule has 1 heterocycles. The van der Waals surface area contributed by atoms with Crippen LogP contribution in [0.25, 0.3) is 0 Å². The van der Waals surface area contributed by atoms with Crippen molar-refractivity contribution in [3.8, 4) is 11.5 Å². The number of aliphatic hydroxyl groups excluding tert-OH is 1. The van der Waals surface area contributed by atoms with Crippen LogP contribution in [0.15, 0.2) is 47.4 Å². The van der Waals surface area contributed by atoms with E-state index in [1.165, 1.54) is 19.2 Å².